The fourth-order valence-corrected chi connectivity index (χ4v) is 3.11. The van der Waals surface area contributed by atoms with Crippen LogP contribution in [0.5, 0.6) is 0 Å². The van der Waals surface area contributed by atoms with Crippen LogP contribution in [-0.2, 0) is 6.54 Å². The zero-order valence-electron chi connectivity index (χ0n) is 9.57. The van der Waals surface area contributed by atoms with Crippen molar-refractivity contribution in [2.75, 3.05) is 13.1 Å². The van der Waals surface area contributed by atoms with Crippen LogP contribution >= 0.6 is 11.3 Å². The van der Waals surface area contributed by atoms with E-state index in [0.717, 1.165) is 26.1 Å². The van der Waals surface area contributed by atoms with Crippen molar-refractivity contribution in [1.82, 2.24) is 4.90 Å². The molecule has 2 unspecified atom stereocenters. The number of aryl methyl sites for hydroxylation is 1. The monoisotopic (exact) mass is 224 g/mol. The van der Waals surface area contributed by atoms with Crippen LogP contribution in [0.15, 0.2) is 11.4 Å². The van der Waals surface area contributed by atoms with E-state index >= 15 is 0 Å². The second-order valence-corrected chi connectivity index (χ2v) is 5.69. The topological polar surface area (TPSA) is 29.3 Å². The van der Waals surface area contributed by atoms with Gasteiger partial charge in [-0.25, -0.2) is 0 Å². The number of hydrogen-bond donors (Lipinski definition) is 1. The molecule has 1 saturated heterocycles. The molecular formula is C12H20N2S. The number of rotatable bonds is 2. The van der Waals surface area contributed by atoms with E-state index in [4.69, 9.17) is 5.73 Å². The molecule has 2 rings (SSSR count). The Kier molecular flexibility index (Phi) is 3.44. The molecule has 1 aromatic heterocycles. The van der Waals surface area contributed by atoms with E-state index in [1.54, 1.807) is 0 Å². The lowest BCUT2D eigenvalue weighted by atomic mass is 9.95. The number of likely N-dealkylation sites (tertiary alicyclic amines) is 1. The molecule has 1 aliphatic rings. The minimum Gasteiger partial charge on any atom is -0.327 e. The first-order valence-corrected chi connectivity index (χ1v) is 6.55. The van der Waals surface area contributed by atoms with E-state index in [2.05, 4.69) is 30.2 Å². The first kappa shape index (κ1) is 11.1. The van der Waals surface area contributed by atoms with Gasteiger partial charge in [0.15, 0.2) is 0 Å². The standard InChI is InChI=1S/C12H20N2S/c1-9-4-6-15-12(9)8-14-5-3-11(13)10(2)7-14/h4,6,10-11H,3,5,7-8,13H2,1-2H3. The molecule has 2 N–H and O–H groups in total. The summed E-state index contributed by atoms with van der Waals surface area (Å²) in [5.74, 6) is 0.638. The van der Waals surface area contributed by atoms with Crippen LogP contribution in [-0.4, -0.2) is 24.0 Å². The second-order valence-electron chi connectivity index (χ2n) is 4.69. The summed E-state index contributed by atoms with van der Waals surface area (Å²) in [6.07, 6.45) is 1.14. The fraction of sp³-hybridized carbons (Fsp3) is 0.667. The molecular weight excluding hydrogens is 204 g/mol. The average molecular weight is 224 g/mol. The lowest BCUT2D eigenvalue weighted by molar-refractivity contribution is 0.159. The molecule has 0 radical (unpaired) electrons. The van der Waals surface area contributed by atoms with Crippen LogP contribution in [0.4, 0.5) is 0 Å². The second kappa shape index (κ2) is 4.64. The number of nitrogens with zero attached hydrogens (tertiary/aromatic N) is 1. The summed E-state index contributed by atoms with van der Waals surface area (Å²) >= 11 is 1.87. The predicted molar refractivity (Wildman–Crippen MR) is 66.1 cm³/mol. The van der Waals surface area contributed by atoms with Gasteiger partial charge in [-0.1, -0.05) is 6.92 Å². The minimum atomic E-state index is 0.408. The smallest absolute Gasteiger partial charge is 0.0330 e. The van der Waals surface area contributed by atoms with E-state index in [9.17, 15) is 0 Å². The zero-order valence-corrected chi connectivity index (χ0v) is 10.4. The van der Waals surface area contributed by atoms with E-state index in [0.29, 0.717) is 12.0 Å². The number of hydrogen-bond acceptors (Lipinski definition) is 3. The third kappa shape index (κ3) is 2.60. The highest BCUT2D eigenvalue weighted by Gasteiger charge is 2.23. The molecule has 1 fully saturated rings. The molecule has 0 aromatic carbocycles. The van der Waals surface area contributed by atoms with Gasteiger partial charge in [0.25, 0.3) is 0 Å². The predicted octanol–water partition coefficient (Wildman–Crippen LogP) is 2.23. The Balaban J connectivity index is 1.94. The number of thiophene rings is 1. The number of piperidine rings is 1. The maximum atomic E-state index is 6.02. The van der Waals surface area contributed by atoms with Crippen molar-refractivity contribution in [3.05, 3.63) is 21.9 Å². The Morgan fingerprint density at radius 1 is 1.60 bits per heavy atom. The van der Waals surface area contributed by atoms with Crippen molar-refractivity contribution >= 4 is 11.3 Å². The molecule has 1 aliphatic heterocycles. The van der Waals surface area contributed by atoms with Crippen molar-refractivity contribution in [2.45, 2.75) is 32.9 Å². The van der Waals surface area contributed by atoms with Crippen LogP contribution in [0, 0.1) is 12.8 Å². The molecule has 0 aliphatic carbocycles. The lowest BCUT2D eigenvalue weighted by Crippen LogP contribution is -2.45. The Hall–Kier alpha value is -0.380. The van der Waals surface area contributed by atoms with E-state index in [1.807, 2.05) is 11.3 Å². The summed E-state index contributed by atoms with van der Waals surface area (Å²) in [4.78, 5) is 4.05. The van der Waals surface area contributed by atoms with Gasteiger partial charge >= 0.3 is 0 Å². The number of nitrogens with two attached hydrogens (primary N) is 1. The third-order valence-corrected chi connectivity index (χ3v) is 4.40. The molecule has 2 heterocycles. The van der Waals surface area contributed by atoms with Crippen molar-refractivity contribution < 1.29 is 0 Å². The van der Waals surface area contributed by atoms with Crippen LogP contribution in [0.1, 0.15) is 23.8 Å². The normalized spacial score (nSPS) is 28.2. The highest BCUT2D eigenvalue weighted by Crippen LogP contribution is 2.21. The summed E-state index contributed by atoms with van der Waals surface area (Å²) in [6.45, 7) is 7.88. The van der Waals surface area contributed by atoms with Gasteiger partial charge in [0.1, 0.15) is 0 Å². The lowest BCUT2D eigenvalue weighted by Gasteiger charge is -2.34. The maximum absolute atomic E-state index is 6.02. The van der Waals surface area contributed by atoms with Crippen molar-refractivity contribution in [3.8, 4) is 0 Å². The van der Waals surface area contributed by atoms with Crippen LogP contribution in [0.2, 0.25) is 0 Å². The molecule has 0 spiro atoms. The SMILES string of the molecule is Cc1ccsc1CN1CCC(N)C(C)C1. The Labute approximate surface area is 96.1 Å². The molecule has 2 atom stereocenters. The molecule has 3 heteroatoms. The Morgan fingerprint density at radius 3 is 3.00 bits per heavy atom. The van der Waals surface area contributed by atoms with Crippen molar-refractivity contribution in [1.29, 1.82) is 0 Å². The van der Waals surface area contributed by atoms with Gasteiger partial charge in [0.2, 0.25) is 0 Å². The molecule has 1 aromatic rings. The third-order valence-electron chi connectivity index (χ3n) is 3.39. The highest BCUT2D eigenvalue weighted by molar-refractivity contribution is 7.10. The van der Waals surface area contributed by atoms with E-state index in [1.165, 1.54) is 10.4 Å². The zero-order chi connectivity index (χ0) is 10.8. The van der Waals surface area contributed by atoms with Crippen molar-refractivity contribution in [2.24, 2.45) is 11.7 Å². The Morgan fingerprint density at radius 2 is 2.40 bits per heavy atom. The fourth-order valence-electron chi connectivity index (χ4n) is 2.16. The largest absolute Gasteiger partial charge is 0.327 e. The Bertz CT molecular complexity index is 321. The van der Waals surface area contributed by atoms with Gasteiger partial charge in [0.05, 0.1) is 0 Å². The summed E-state index contributed by atoms with van der Waals surface area (Å²) in [7, 11) is 0. The summed E-state index contributed by atoms with van der Waals surface area (Å²) in [5.41, 5.74) is 7.45. The van der Waals surface area contributed by atoms with Gasteiger partial charge in [-0.05, 0) is 36.3 Å². The first-order valence-electron chi connectivity index (χ1n) is 5.67. The molecule has 0 amide bonds. The summed E-state index contributed by atoms with van der Waals surface area (Å²) in [6, 6.07) is 2.62. The van der Waals surface area contributed by atoms with Crippen LogP contribution < -0.4 is 5.73 Å². The van der Waals surface area contributed by atoms with Gasteiger partial charge in [0, 0.05) is 30.6 Å². The summed E-state index contributed by atoms with van der Waals surface area (Å²) in [5, 5.41) is 2.18. The minimum absolute atomic E-state index is 0.408. The van der Waals surface area contributed by atoms with E-state index < -0.39 is 0 Å². The average Bonchev–Trinajstić information content (AvgIpc) is 2.59. The van der Waals surface area contributed by atoms with Gasteiger partial charge in [-0.15, -0.1) is 11.3 Å². The van der Waals surface area contributed by atoms with E-state index in [-0.39, 0.29) is 0 Å². The molecule has 2 nitrogen and oxygen atoms in total. The molecule has 84 valence electrons. The quantitative estimate of drug-likeness (QED) is 0.834. The first-order chi connectivity index (χ1) is 7.16. The van der Waals surface area contributed by atoms with Gasteiger partial charge in [-0.3, -0.25) is 4.90 Å². The molecule has 15 heavy (non-hydrogen) atoms. The van der Waals surface area contributed by atoms with Gasteiger partial charge in [-0.2, -0.15) is 0 Å². The molecule has 0 bridgehead atoms. The maximum Gasteiger partial charge on any atom is 0.0330 e. The van der Waals surface area contributed by atoms with Crippen LogP contribution in [0.25, 0.3) is 0 Å². The molecule has 0 saturated carbocycles. The van der Waals surface area contributed by atoms with Crippen LogP contribution in [0.3, 0.4) is 0 Å². The highest BCUT2D eigenvalue weighted by atomic mass is 32.1. The van der Waals surface area contributed by atoms with Crippen molar-refractivity contribution in [3.63, 3.8) is 0 Å². The summed E-state index contributed by atoms with van der Waals surface area (Å²) < 4.78 is 0. The van der Waals surface area contributed by atoms with Gasteiger partial charge < -0.3 is 5.73 Å².